The van der Waals surface area contributed by atoms with Crippen molar-refractivity contribution >= 4 is 17.7 Å². The lowest BCUT2D eigenvalue weighted by Gasteiger charge is -1.91. The van der Waals surface area contributed by atoms with E-state index in [1.54, 1.807) is 31.4 Å². The molecule has 2 heterocycles. The number of furan rings is 1. The Hall–Kier alpha value is -1.84. The third-order valence-electron chi connectivity index (χ3n) is 1.79. The Balaban J connectivity index is 2.35. The first-order chi connectivity index (χ1) is 6.27. The smallest absolute Gasteiger partial charge is 0.273 e. The number of hydrogen-bond donors (Lipinski definition) is 1. The number of carbonyl (C=O) groups is 1. The van der Waals surface area contributed by atoms with Gasteiger partial charge in [-0.25, -0.2) is 5.43 Å². The highest BCUT2D eigenvalue weighted by Crippen LogP contribution is 2.11. The summed E-state index contributed by atoms with van der Waals surface area (Å²) in [4.78, 5) is 11.2. The summed E-state index contributed by atoms with van der Waals surface area (Å²) in [6.45, 7) is 1.77. The molecule has 1 amide bonds. The van der Waals surface area contributed by atoms with Crippen LogP contribution in [0.25, 0.3) is 6.08 Å². The van der Waals surface area contributed by atoms with Gasteiger partial charge in [0.25, 0.3) is 5.91 Å². The molecular weight excluding hydrogens is 168 g/mol. The maximum absolute atomic E-state index is 11.2. The average molecular weight is 176 g/mol. The van der Waals surface area contributed by atoms with Gasteiger partial charge in [-0.1, -0.05) is 0 Å². The number of hydrazone groups is 1. The van der Waals surface area contributed by atoms with E-state index in [-0.39, 0.29) is 5.91 Å². The highest BCUT2D eigenvalue weighted by atomic mass is 16.3. The van der Waals surface area contributed by atoms with Crippen molar-refractivity contribution in [3.8, 4) is 0 Å². The van der Waals surface area contributed by atoms with Gasteiger partial charge in [-0.15, -0.1) is 0 Å². The van der Waals surface area contributed by atoms with Gasteiger partial charge in [-0.3, -0.25) is 4.79 Å². The number of nitrogens with zero attached hydrogens (tertiary/aromatic N) is 1. The maximum atomic E-state index is 11.2. The van der Waals surface area contributed by atoms with E-state index in [9.17, 15) is 4.79 Å². The fourth-order valence-corrected chi connectivity index (χ4v) is 1.11. The van der Waals surface area contributed by atoms with Gasteiger partial charge in [0, 0.05) is 0 Å². The van der Waals surface area contributed by atoms with Gasteiger partial charge < -0.3 is 4.42 Å². The van der Waals surface area contributed by atoms with Crippen molar-refractivity contribution in [3.63, 3.8) is 0 Å². The Morgan fingerprint density at radius 3 is 3.00 bits per heavy atom. The van der Waals surface area contributed by atoms with E-state index >= 15 is 0 Å². The van der Waals surface area contributed by atoms with Crippen LogP contribution in [0.5, 0.6) is 0 Å². The fourth-order valence-electron chi connectivity index (χ4n) is 1.11. The summed E-state index contributed by atoms with van der Waals surface area (Å²) in [5.41, 5.74) is 3.60. The minimum atomic E-state index is -0.186. The average Bonchev–Trinajstić information content (AvgIpc) is 2.70. The highest BCUT2D eigenvalue weighted by molar-refractivity contribution is 6.26. The van der Waals surface area contributed by atoms with Crippen LogP contribution in [0, 0.1) is 0 Å². The molecule has 1 aliphatic heterocycles. The Bertz CT molecular complexity index is 388. The zero-order valence-electron chi connectivity index (χ0n) is 7.07. The lowest BCUT2D eigenvalue weighted by atomic mass is 10.1. The molecule has 66 valence electrons. The number of rotatable bonds is 1. The van der Waals surface area contributed by atoms with Crippen LogP contribution < -0.4 is 5.43 Å². The largest absolute Gasteiger partial charge is 0.465 e. The summed E-state index contributed by atoms with van der Waals surface area (Å²) in [6, 6.07) is 3.55. The number of hydrogen-bond acceptors (Lipinski definition) is 3. The zero-order chi connectivity index (χ0) is 9.26. The summed E-state index contributed by atoms with van der Waals surface area (Å²) >= 11 is 0. The van der Waals surface area contributed by atoms with E-state index in [0.717, 1.165) is 0 Å². The van der Waals surface area contributed by atoms with E-state index in [0.29, 0.717) is 17.0 Å². The van der Waals surface area contributed by atoms with Crippen molar-refractivity contribution in [1.82, 2.24) is 5.43 Å². The summed E-state index contributed by atoms with van der Waals surface area (Å²) in [6.07, 6.45) is 3.23. The normalized spacial score (nSPS) is 19.0. The van der Waals surface area contributed by atoms with Crippen LogP contribution in [0.2, 0.25) is 0 Å². The molecule has 0 radical (unpaired) electrons. The first-order valence-corrected chi connectivity index (χ1v) is 3.87. The van der Waals surface area contributed by atoms with Crippen LogP contribution in [0.4, 0.5) is 0 Å². The molecule has 1 aromatic heterocycles. The Labute approximate surface area is 74.9 Å². The molecule has 0 aliphatic carbocycles. The van der Waals surface area contributed by atoms with Crippen molar-refractivity contribution in [2.45, 2.75) is 6.92 Å². The van der Waals surface area contributed by atoms with E-state index in [4.69, 9.17) is 4.42 Å². The third-order valence-corrected chi connectivity index (χ3v) is 1.79. The van der Waals surface area contributed by atoms with Crippen LogP contribution in [0.15, 0.2) is 33.5 Å². The quantitative estimate of drug-likeness (QED) is 0.653. The second kappa shape index (κ2) is 2.90. The first-order valence-electron chi connectivity index (χ1n) is 3.87. The molecular formula is C9H8N2O2. The molecule has 0 spiro atoms. The van der Waals surface area contributed by atoms with Crippen LogP contribution in [0.3, 0.4) is 0 Å². The molecule has 2 rings (SSSR count). The third kappa shape index (κ3) is 1.38. The molecule has 0 unspecified atom stereocenters. The van der Waals surface area contributed by atoms with Gasteiger partial charge >= 0.3 is 0 Å². The zero-order valence-corrected chi connectivity index (χ0v) is 7.07. The second-order valence-corrected chi connectivity index (χ2v) is 2.71. The summed E-state index contributed by atoms with van der Waals surface area (Å²) in [7, 11) is 0. The van der Waals surface area contributed by atoms with Crippen LogP contribution >= 0.6 is 0 Å². The lowest BCUT2D eigenvalue weighted by Crippen LogP contribution is -2.12. The standard InChI is InChI=1S/C9H8N2O2/c1-6-8(9(12)11-10-6)5-7-3-2-4-13-7/h2-5H,1H3,(H,11,12). The molecule has 0 atom stereocenters. The lowest BCUT2D eigenvalue weighted by molar-refractivity contribution is -0.116. The van der Waals surface area contributed by atoms with Gasteiger partial charge in [0.15, 0.2) is 0 Å². The van der Waals surface area contributed by atoms with Crippen LogP contribution in [-0.2, 0) is 4.79 Å². The van der Waals surface area contributed by atoms with Crippen molar-refractivity contribution < 1.29 is 9.21 Å². The van der Waals surface area contributed by atoms with Crippen molar-refractivity contribution in [2.75, 3.05) is 0 Å². The SMILES string of the molecule is CC1=NNC(=O)C1=Cc1ccco1. The van der Waals surface area contributed by atoms with Crippen LogP contribution in [-0.4, -0.2) is 11.6 Å². The first kappa shape index (κ1) is 7.79. The topological polar surface area (TPSA) is 54.6 Å². The van der Waals surface area contributed by atoms with Gasteiger partial charge in [0.2, 0.25) is 0 Å². The predicted molar refractivity (Wildman–Crippen MR) is 47.9 cm³/mol. The number of amides is 1. The Kier molecular flexibility index (Phi) is 1.73. The molecule has 4 heteroatoms. The molecule has 1 aromatic rings. The Morgan fingerprint density at radius 1 is 1.62 bits per heavy atom. The van der Waals surface area contributed by atoms with E-state index < -0.39 is 0 Å². The predicted octanol–water partition coefficient (Wildman–Crippen LogP) is 1.17. The van der Waals surface area contributed by atoms with E-state index in [1.165, 1.54) is 0 Å². The molecule has 4 nitrogen and oxygen atoms in total. The molecule has 0 saturated heterocycles. The van der Waals surface area contributed by atoms with Gasteiger partial charge in [0.1, 0.15) is 5.76 Å². The van der Waals surface area contributed by atoms with Crippen molar-refractivity contribution in [1.29, 1.82) is 0 Å². The molecule has 0 bridgehead atoms. The summed E-state index contributed by atoms with van der Waals surface area (Å²) < 4.78 is 5.08. The second-order valence-electron chi connectivity index (χ2n) is 2.71. The summed E-state index contributed by atoms with van der Waals surface area (Å²) in [5, 5.41) is 3.79. The van der Waals surface area contributed by atoms with Crippen molar-refractivity contribution in [2.24, 2.45) is 5.10 Å². The highest BCUT2D eigenvalue weighted by Gasteiger charge is 2.18. The maximum Gasteiger partial charge on any atom is 0.273 e. The minimum Gasteiger partial charge on any atom is -0.465 e. The van der Waals surface area contributed by atoms with Crippen LogP contribution in [0.1, 0.15) is 12.7 Å². The van der Waals surface area contributed by atoms with E-state index in [1.807, 2.05) is 0 Å². The molecule has 0 aromatic carbocycles. The van der Waals surface area contributed by atoms with Crippen molar-refractivity contribution in [3.05, 3.63) is 29.7 Å². The monoisotopic (exact) mass is 176 g/mol. The number of carbonyl (C=O) groups excluding carboxylic acids is 1. The molecule has 0 fully saturated rings. The van der Waals surface area contributed by atoms with Gasteiger partial charge in [-0.05, 0) is 25.1 Å². The molecule has 1 aliphatic rings. The molecule has 0 saturated carbocycles. The fraction of sp³-hybridized carbons (Fsp3) is 0.111. The molecule has 13 heavy (non-hydrogen) atoms. The summed E-state index contributed by atoms with van der Waals surface area (Å²) in [5.74, 6) is 0.468. The number of nitrogens with one attached hydrogen (secondary N) is 1. The van der Waals surface area contributed by atoms with E-state index in [2.05, 4.69) is 10.5 Å². The van der Waals surface area contributed by atoms with Gasteiger partial charge in [-0.2, -0.15) is 5.10 Å². The Morgan fingerprint density at radius 2 is 2.46 bits per heavy atom. The van der Waals surface area contributed by atoms with Gasteiger partial charge in [0.05, 0.1) is 17.5 Å². The molecule has 1 N–H and O–H groups in total. The minimum absolute atomic E-state index is 0.186.